The number of unbranched alkanes of at least 4 members (excludes halogenated alkanes) is 2. The maximum atomic E-state index is 10.5. The van der Waals surface area contributed by atoms with Crippen LogP contribution in [-0.2, 0) is 51.4 Å². The van der Waals surface area contributed by atoms with E-state index in [4.69, 9.17) is 0 Å². The first-order valence-electron chi connectivity index (χ1n) is 15.9. The molecule has 0 radical (unpaired) electrons. The summed E-state index contributed by atoms with van der Waals surface area (Å²) in [5.74, 6) is 0.589. The van der Waals surface area contributed by atoms with E-state index in [-0.39, 0.29) is 71.4 Å². The Morgan fingerprint density at radius 2 is 1.30 bits per heavy atom. The van der Waals surface area contributed by atoms with Gasteiger partial charge in [0, 0.05) is 39.3 Å². The Morgan fingerprint density at radius 1 is 0.727 bits per heavy atom. The number of halogens is 3. The molecule has 256 valence electrons. The van der Waals surface area contributed by atoms with E-state index in [1.165, 1.54) is 44.9 Å². The Balaban J connectivity index is 0. The van der Waals surface area contributed by atoms with Crippen LogP contribution in [0.25, 0.3) is 0 Å². The van der Waals surface area contributed by atoms with Gasteiger partial charge in [0.2, 0.25) is 25.4 Å². The van der Waals surface area contributed by atoms with Gasteiger partial charge in [-0.05, 0) is 44.9 Å². The molecule has 44 heavy (non-hydrogen) atoms. The summed E-state index contributed by atoms with van der Waals surface area (Å²) in [6.07, 6.45) is 32.8. The van der Waals surface area contributed by atoms with Crippen molar-refractivity contribution in [3.63, 3.8) is 0 Å². The van der Waals surface area contributed by atoms with Crippen molar-refractivity contribution in [2.45, 2.75) is 130 Å². The van der Waals surface area contributed by atoms with E-state index in [0.29, 0.717) is 24.5 Å². The first-order valence-corrected chi connectivity index (χ1v) is 15.9. The van der Waals surface area contributed by atoms with Gasteiger partial charge in [-0.2, -0.15) is 0 Å². The van der Waals surface area contributed by atoms with E-state index in [0.717, 1.165) is 51.9 Å². The van der Waals surface area contributed by atoms with E-state index < -0.39 is 0 Å². The smallest absolute Gasteiger partial charge is 0.243 e. The number of nitrogens with zero attached hydrogens (tertiary/aromatic N) is 6. The zero-order chi connectivity index (χ0) is 28.6. The molecule has 3 rings (SSSR count). The average Bonchev–Trinajstić information content (AvgIpc) is 3.74. The van der Waals surface area contributed by atoms with Crippen molar-refractivity contribution in [1.29, 1.82) is 0 Å². The zero-order valence-corrected chi connectivity index (χ0v) is 33.5. The number of carbonyl (C=O) groups excluding carboxylic acids is 1. The summed E-state index contributed by atoms with van der Waals surface area (Å²) < 4.78 is 14.2. The summed E-state index contributed by atoms with van der Waals surface area (Å²) in [5, 5.41) is 2.76. The fourth-order valence-electron chi connectivity index (χ4n) is 5.76. The van der Waals surface area contributed by atoms with Crippen LogP contribution in [0.1, 0.15) is 104 Å². The number of rotatable bonds is 22. The van der Waals surface area contributed by atoms with Crippen LogP contribution in [-0.4, -0.2) is 26.7 Å². The zero-order valence-electron chi connectivity index (χ0n) is 27.2. The number of aromatic nitrogens is 6. The van der Waals surface area contributed by atoms with E-state index in [1.807, 2.05) is 0 Å². The minimum atomic E-state index is 0. The minimum absolute atomic E-state index is 0. The summed E-state index contributed by atoms with van der Waals surface area (Å²) in [7, 11) is 0. The summed E-state index contributed by atoms with van der Waals surface area (Å²) in [4.78, 5) is 10.5. The van der Waals surface area contributed by atoms with Crippen molar-refractivity contribution >= 4 is 6.41 Å². The molecule has 1 N–H and O–H groups in total. The van der Waals surface area contributed by atoms with Gasteiger partial charge in [0.1, 0.15) is 49.3 Å². The topological polar surface area (TPSA) is 55.5 Å². The predicted octanol–water partition coefficient (Wildman–Crippen LogP) is -4.21. The summed E-state index contributed by atoms with van der Waals surface area (Å²) in [5.41, 5.74) is 0. The fraction of sp³-hybridized carbons (Fsp3) is 0.688. The van der Waals surface area contributed by atoms with Crippen LogP contribution >= 0.6 is 0 Å². The Kier molecular flexibility index (Phi) is 27.1. The molecule has 1 amide bonds. The summed E-state index contributed by atoms with van der Waals surface area (Å²) >= 11 is 0. The maximum Gasteiger partial charge on any atom is 0.243 e. The van der Waals surface area contributed by atoms with Crippen LogP contribution in [0, 0.1) is 5.92 Å². The van der Waals surface area contributed by atoms with Gasteiger partial charge < -0.3 is 56.3 Å². The standard InChI is InChI=1S/C32H55N7O.3BrH.Pd/c1-5-9-15-35-20-22-38(28-35)31(7-3)13-12-30(25-37-19-18-34(27-37)17-11-14-33-26-40)24-32(8-4)39-23-21-36(29-39)16-10-6-2;;;;/h18-23,26-32H,5-17,24-25H2,1-4H3;3*1H;/q+2;;;;/p-2. The molecule has 3 unspecified atom stereocenters. The van der Waals surface area contributed by atoms with Gasteiger partial charge >= 0.3 is 0 Å². The van der Waals surface area contributed by atoms with Crippen molar-refractivity contribution in [2.75, 3.05) is 6.54 Å². The molecule has 3 atom stereocenters. The van der Waals surface area contributed by atoms with Crippen LogP contribution in [0.3, 0.4) is 0 Å². The Morgan fingerprint density at radius 3 is 1.84 bits per heavy atom. The molecule has 3 aromatic heterocycles. The molecular weight excluding hydrogens is 845 g/mol. The molecule has 3 aromatic rings. The van der Waals surface area contributed by atoms with Crippen molar-refractivity contribution in [3.05, 3.63) is 56.2 Å². The Bertz CT molecular complexity index is 1110. The van der Waals surface area contributed by atoms with E-state index >= 15 is 0 Å². The Labute approximate surface area is 312 Å². The SMILES string of the molecule is CCCC[n+]1ccn(C(CC)CCC(CC(CC)n2cc[n+](CCCC)c2)C[n+]2ccn(CCCNC=O)c2)c1.[Br-].[Br-].[Br-].[Pd]. The van der Waals surface area contributed by atoms with Crippen molar-refractivity contribution in [1.82, 2.24) is 19.0 Å². The predicted molar refractivity (Wildman–Crippen MR) is 158 cm³/mol. The number of imidazole rings is 3. The molecular formula is C32H56Br3N7OPd. The first-order chi connectivity index (χ1) is 19.6. The quantitative estimate of drug-likeness (QED) is 0.0474. The van der Waals surface area contributed by atoms with Crippen molar-refractivity contribution in [3.8, 4) is 0 Å². The van der Waals surface area contributed by atoms with Gasteiger partial charge in [0.15, 0.2) is 0 Å². The van der Waals surface area contributed by atoms with E-state index in [1.54, 1.807) is 0 Å². The number of carbonyl (C=O) groups is 1. The number of nitrogens with one attached hydrogen (secondary N) is 1. The molecule has 0 fully saturated rings. The Hall–Kier alpha value is -0.798. The third-order valence-electron chi connectivity index (χ3n) is 8.30. The van der Waals surface area contributed by atoms with Crippen molar-refractivity contribution in [2.24, 2.45) is 5.92 Å². The van der Waals surface area contributed by atoms with Crippen molar-refractivity contribution < 1.29 is 89.9 Å². The van der Waals surface area contributed by atoms with Gasteiger partial charge in [-0.1, -0.05) is 40.5 Å². The fourth-order valence-corrected chi connectivity index (χ4v) is 5.76. The first kappa shape index (κ1) is 45.3. The van der Waals surface area contributed by atoms with Crippen LogP contribution in [0.4, 0.5) is 0 Å². The summed E-state index contributed by atoms with van der Waals surface area (Å²) in [6.45, 7) is 14.0. The molecule has 8 nitrogen and oxygen atoms in total. The molecule has 0 aromatic carbocycles. The number of hydrogen-bond donors (Lipinski definition) is 1. The molecule has 0 aliphatic heterocycles. The van der Waals surface area contributed by atoms with Crippen LogP contribution in [0.2, 0.25) is 0 Å². The molecule has 0 saturated heterocycles. The van der Waals surface area contributed by atoms with Crippen LogP contribution in [0.5, 0.6) is 0 Å². The van der Waals surface area contributed by atoms with Crippen LogP contribution < -0.4 is 70.0 Å². The second-order valence-electron chi connectivity index (χ2n) is 11.5. The number of amides is 1. The number of hydrogen-bond acceptors (Lipinski definition) is 1. The molecule has 0 bridgehead atoms. The van der Waals surface area contributed by atoms with Gasteiger partial charge in [-0.15, -0.1) is 0 Å². The van der Waals surface area contributed by atoms with Gasteiger partial charge in [0.05, 0.1) is 26.2 Å². The third-order valence-corrected chi connectivity index (χ3v) is 8.30. The second-order valence-corrected chi connectivity index (χ2v) is 11.5. The maximum absolute atomic E-state index is 10.5. The van der Waals surface area contributed by atoms with E-state index in [2.05, 4.69) is 117 Å². The monoisotopic (exact) mass is 897 g/mol. The largest absolute Gasteiger partial charge is 1.00 e. The third kappa shape index (κ3) is 15.7. The molecule has 0 saturated carbocycles. The van der Waals surface area contributed by atoms with Gasteiger partial charge in [0.25, 0.3) is 0 Å². The molecule has 12 heteroatoms. The van der Waals surface area contributed by atoms with Gasteiger partial charge in [-0.25, -0.2) is 27.4 Å². The van der Waals surface area contributed by atoms with Gasteiger partial charge in [-0.3, -0.25) is 4.79 Å². The molecule has 0 aliphatic carbocycles. The molecule has 3 heterocycles. The summed E-state index contributed by atoms with van der Waals surface area (Å²) in [6, 6.07) is 1.04. The number of aryl methyl sites for hydroxylation is 3. The molecule has 0 spiro atoms. The van der Waals surface area contributed by atoms with Crippen LogP contribution in [0.15, 0.2) is 56.2 Å². The second kappa shape index (κ2) is 26.3. The minimum Gasteiger partial charge on any atom is -1.00 e. The molecule has 0 aliphatic rings. The average molecular weight is 901 g/mol. The van der Waals surface area contributed by atoms with E-state index in [9.17, 15) is 4.79 Å². The normalized spacial score (nSPS) is 12.5.